The van der Waals surface area contributed by atoms with Gasteiger partial charge in [-0.15, -0.1) is 0 Å². The third-order valence-corrected chi connectivity index (χ3v) is 2.97. The molecule has 1 aromatic carbocycles. The summed E-state index contributed by atoms with van der Waals surface area (Å²) in [5.41, 5.74) is 1.34. The number of carbonyl (C=O) groups is 1. The van der Waals surface area contributed by atoms with Crippen LogP contribution in [0.1, 0.15) is 10.4 Å². The highest BCUT2D eigenvalue weighted by atomic mass is 16.5. The molecule has 0 fully saturated rings. The summed E-state index contributed by atoms with van der Waals surface area (Å²) in [5.74, 6) is -0.502. The Morgan fingerprint density at radius 3 is 2.85 bits per heavy atom. The number of methoxy groups -OCH3 is 1. The Bertz CT molecular complexity index is 795. The monoisotopic (exact) mass is 269 g/mol. The fraction of sp³-hybridized carbons (Fsp3) is 0.0714. The van der Waals surface area contributed by atoms with Crippen LogP contribution < -0.4 is 4.74 Å². The molecule has 0 bridgehead atoms. The number of aromatic nitrogens is 3. The molecule has 3 rings (SSSR count). The van der Waals surface area contributed by atoms with Gasteiger partial charge >= 0.3 is 5.97 Å². The number of nitrogens with zero attached hydrogens (tertiary/aromatic N) is 3. The number of carboxylic acid groups (broad SMARTS) is 1. The lowest BCUT2D eigenvalue weighted by Crippen LogP contribution is -1.99. The summed E-state index contributed by atoms with van der Waals surface area (Å²) < 4.78 is 6.72. The minimum atomic E-state index is -1.07. The van der Waals surface area contributed by atoms with Gasteiger partial charge < -0.3 is 9.84 Å². The SMILES string of the molecule is COc1ccccc1-c1nn2cccnc2c1C(=O)O. The molecule has 20 heavy (non-hydrogen) atoms. The number of hydrogen-bond donors (Lipinski definition) is 1. The quantitative estimate of drug-likeness (QED) is 0.788. The van der Waals surface area contributed by atoms with Gasteiger partial charge in [-0.1, -0.05) is 12.1 Å². The Morgan fingerprint density at radius 1 is 1.30 bits per heavy atom. The van der Waals surface area contributed by atoms with Crippen LogP contribution in [0, 0.1) is 0 Å². The Balaban J connectivity index is 2.36. The van der Waals surface area contributed by atoms with E-state index in [2.05, 4.69) is 10.1 Å². The van der Waals surface area contributed by atoms with Gasteiger partial charge in [0.15, 0.2) is 5.65 Å². The van der Waals surface area contributed by atoms with E-state index in [1.54, 1.807) is 30.5 Å². The van der Waals surface area contributed by atoms with E-state index in [1.807, 2.05) is 6.07 Å². The normalized spacial score (nSPS) is 10.7. The Labute approximate surface area is 114 Å². The Morgan fingerprint density at radius 2 is 2.10 bits per heavy atom. The molecule has 2 heterocycles. The summed E-state index contributed by atoms with van der Waals surface area (Å²) in [7, 11) is 1.54. The van der Waals surface area contributed by atoms with Crippen molar-refractivity contribution >= 4 is 11.6 Å². The van der Waals surface area contributed by atoms with E-state index < -0.39 is 5.97 Å². The summed E-state index contributed by atoms with van der Waals surface area (Å²) in [6, 6.07) is 8.85. The van der Waals surface area contributed by atoms with Crippen LogP contribution in [0.5, 0.6) is 5.75 Å². The fourth-order valence-corrected chi connectivity index (χ4v) is 2.11. The molecule has 100 valence electrons. The maximum absolute atomic E-state index is 11.5. The summed E-state index contributed by atoms with van der Waals surface area (Å²) in [6.45, 7) is 0. The molecule has 1 N–H and O–H groups in total. The molecular formula is C14H11N3O3. The number of fused-ring (bicyclic) bond motifs is 1. The minimum Gasteiger partial charge on any atom is -0.496 e. The van der Waals surface area contributed by atoms with Crippen LogP contribution in [0.25, 0.3) is 16.9 Å². The van der Waals surface area contributed by atoms with Gasteiger partial charge in [0.25, 0.3) is 0 Å². The second-order valence-electron chi connectivity index (χ2n) is 4.12. The van der Waals surface area contributed by atoms with Crippen molar-refractivity contribution < 1.29 is 14.6 Å². The van der Waals surface area contributed by atoms with Gasteiger partial charge in [0.05, 0.1) is 7.11 Å². The number of benzene rings is 1. The molecule has 0 aliphatic rings. The smallest absolute Gasteiger partial charge is 0.341 e. The predicted molar refractivity (Wildman–Crippen MR) is 71.9 cm³/mol. The standard InChI is InChI=1S/C14H11N3O3/c1-20-10-6-3-2-5-9(10)12-11(14(18)19)13-15-7-4-8-17(13)16-12/h2-8H,1H3,(H,18,19). The molecule has 0 saturated carbocycles. The predicted octanol–water partition coefficient (Wildman–Crippen LogP) is 2.10. The number of aromatic carboxylic acids is 1. The molecular weight excluding hydrogens is 258 g/mol. The topological polar surface area (TPSA) is 76.7 Å². The third-order valence-electron chi connectivity index (χ3n) is 2.97. The summed E-state index contributed by atoms with van der Waals surface area (Å²) in [6.07, 6.45) is 3.20. The zero-order valence-electron chi connectivity index (χ0n) is 10.6. The fourth-order valence-electron chi connectivity index (χ4n) is 2.11. The molecule has 0 spiro atoms. The van der Waals surface area contributed by atoms with Crippen molar-refractivity contribution in [3.05, 3.63) is 48.3 Å². The van der Waals surface area contributed by atoms with Gasteiger partial charge in [0, 0.05) is 18.0 Å². The number of hydrogen-bond acceptors (Lipinski definition) is 4. The lowest BCUT2D eigenvalue weighted by atomic mass is 10.1. The highest BCUT2D eigenvalue weighted by Crippen LogP contribution is 2.32. The molecule has 3 aromatic rings. The second-order valence-corrected chi connectivity index (χ2v) is 4.12. The van der Waals surface area contributed by atoms with E-state index in [0.29, 0.717) is 22.7 Å². The minimum absolute atomic E-state index is 0.0649. The largest absolute Gasteiger partial charge is 0.496 e. The maximum Gasteiger partial charge on any atom is 0.341 e. The molecule has 0 saturated heterocycles. The van der Waals surface area contributed by atoms with Gasteiger partial charge in [0.2, 0.25) is 0 Å². The first-order valence-corrected chi connectivity index (χ1v) is 5.92. The van der Waals surface area contributed by atoms with Crippen molar-refractivity contribution in [2.75, 3.05) is 7.11 Å². The van der Waals surface area contributed by atoms with Gasteiger partial charge in [-0.05, 0) is 18.2 Å². The van der Waals surface area contributed by atoms with E-state index in [1.165, 1.54) is 17.8 Å². The van der Waals surface area contributed by atoms with Crippen molar-refractivity contribution in [2.45, 2.75) is 0 Å². The van der Waals surface area contributed by atoms with Crippen LogP contribution in [0.3, 0.4) is 0 Å². The first-order valence-electron chi connectivity index (χ1n) is 5.92. The Kier molecular flexibility index (Phi) is 2.83. The number of ether oxygens (including phenoxy) is 1. The molecule has 0 aliphatic carbocycles. The van der Waals surface area contributed by atoms with Crippen molar-refractivity contribution in [1.29, 1.82) is 0 Å². The number of rotatable bonds is 3. The van der Waals surface area contributed by atoms with E-state index in [-0.39, 0.29) is 5.56 Å². The van der Waals surface area contributed by atoms with Crippen molar-refractivity contribution in [3.63, 3.8) is 0 Å². The van der Waals surface area contributed by atoms with Crippen molar-refractivity contribution in [3.8, 4) is 17.0 Å². The lowest BCUT2D eigenvalue weighted by Gasteiger charge is -2.05. The zero-order chi connectivity index (χ0) is 14.1. The zero-order valence-corrected chi connectivity index (χ0v) is 10.6. The number of carboxylic acids is 1. The summed E-state index contributed by atoms with van der Waals surface area (Å²) in [4.78, 5) is 15.6. The molecule has 6 heteroatoms. The summed E-state index contributed by atoms with van der Waals surface area (Å²) in [5, 5.41) is 13.7. The van der Waals surface area contributed by atoms with Crippen molar-refractivity contribution in [1.82, 2.24) is 14.6 Å². The average Bonchev–Trinajstić information content (AvgIpc) is 2.86. The van der Waals surface area contributed by atoms with Crippen LogP contribution in [0.4, 0.5) is 0 Å². The van der Waals surface area contributed by atoms with Crippen LogP contribution in [-0.2, 0) is 0 Å². The lowest BCUT2D eigenvalue weighted by molar-refractivity contribution is 0.0699. The summed E-state index contributed by atoms with van der Waals surface area (Å²) >= 11 is 0. The third kappa shape index (κ3) is 1.78. The van der Waals surface area contributed by atoms with E-state index >= 15 is 0 Å². The van der Waals surface area contributed by atoms with Gasteiger partial charge in [-0.2, -0.15) is 5.10 Å². The van der Waals surface area contributed by atoms with E-state index in [9.17, 15) is 9.90 Å². The molecule has 0 amide bonds. The highest BCUT2D eigenvalue weighted by molar-refractivity contribution is 6.01. The first-order chi connectivity index (χ1) is 9.72. The van der Waals surface area contributed by atoms with E-state index in [4.69, 9.17) is 4.74 Å². The molecule has 0 aliphatic heterocycles. The maximum atomic E-state index is 11.5. The Hall–Kier alpha value is -2.89. The second kappa shape index (κ2) is 4.65. The van der Waals surface area contributed by atoms with Crippen LogP contribution in [-0.4, -0.2) is 32.8 Å². The van der Waals surface area contributed by atoms with Crippen LogP contribution in [0.15, 0.2) is 42.7 Å². The molecule has 6 nitrogen and oxygen atoms in total. The van der Waals surface area contributed by atoms with Crippen molar-refractivity contribution in [2.24, 2.45) is 0 Å². The molecule has 2 aromatic heterocycles. The van der Waals surface area contributed by atoms with Crippen LogP contribution >= 0.6 is 0 Å². The van der Waals surface area contributed by atoms with Gasteiger partial charge in [0.1, 0.15) is 17.0 Å². The molecule has 0 radical (unpaired) electrons. The highest BCUT2D eigenvalue weighted by Gasteiger charge is 2.23. The van der Waals surface area contributed by atoms with Crippen LogP contribution in [0.2, 0.25) is 0 Å². The van der Waals surface area contributed by atoms with Gasteiger partial charge in [-0.3, -0.25) is 0 Å². The molecule has 0 atom stereocenters. The van der Waals surface area contributed by atoms with E-state index in [0.717, 1.165) is 0 Å². The first kappa shape index (κ1) is 12.2. The number of para-hydroxylation sites is 1. The van der Waals surface area contributed by atoms with Gasteiger partial charge in [-0.25, -0.2) is 14.3 Å². The average molecular weight is 269 g/mol. The molecule has 0 unspecified atom stereocenters.